The van der Waals surface area contributed by atoms with Crippen LogP contribution in [-0.2, 0) is 14.3 Å². The van der Waals surface area contributed by atoms with Gasteiger partial charge in [-0.05, 0) is 39.0 Å². The Morgan fingerprint density at radius 2 is 2.05 bits per heavy atom. The maximum atomic E-state index is 12.1. The van der Waals surface area contributed by atoms with Crippen LogP contribution in [0.25, 0.3) is 0 Å². The fourth-order valence-electron chi connectivity index (χ4n) is 1.69. The number of esters is 1. The zero-order valence-corrected chi connectivity index (χ0v) is 13.2. The van der Waals surface area contributed by atoms with E-state index in [0.717, 1.165) is 0 Å². The molecule has 0 N–H and O–H groups in total. The molecule has 1 aromatic rings. The molecule has 0 radical (unpaired) electrons. The molecular weight excluding hydrogens is 294 g/mol. The molecule has 0 heterocycles. The molecule has 0 atom stereocenters. The van der Waals surface area contributed by atoms with Crippen LogP contribution in [-0.4, -0.2) is 42.6 Å². The van der Waals surface area contributed by atoms with Crippen LogP contribution in [0.2, 0.25) is 5.02 Å². The van der Waals surface area contributed by atoms with Crippen molar-refractivity contribution >= 4 is 23.5 Å². The van der Waals surface area contributed by atoms with Gasteiger partial charge in [0, 0.05) is 11.1 Å². The summed E-state index contributed by atoms with van der Waals surface area (Å²) in [5, 5.41) is 0.534. The van der Waals surface area contributed by atoms with E-state index < -0.39 is 5.97 Å². The Bertz CT molecular complexity index is 490. The molecule has 0 aliphatic carbocycles. The molecular formula is C15H20ClNO4. The van der Waals surface area contributed by atoms with Crippen molar-refractivity contribution in [2.24, 2.45) is 0 Å². The normalized spacial score (nSPS) is 10.3. The highest BCUT2D eigenvalue weighted by molar-refractivity contribution is 6.30. The van der Waals surface area contributed by atoms with Crippen molar-refractivity contribution in [3.8, 4) is 5.75 Å². The van der Waals surface area contributed by atoms with Gasteiger partial charge in [0.05, 0.1) is 6.61 Å². The Morgan fingerprint density at radius 3 is 2.62 bits per heavy atom. The summed E-state index contributed by atoms with van der Waals surface area (Å²) in [6.45, 7) is 5.44. The summed E-state index contributed by atoms with van der Waals surface area (Å²) in [6.07, 6.45) is 0. The monoisotopic (exact) mass is 313 g/mol. The SMILES string of the molecule is CCOC(=O)CN(C(=O)COc1cccc(Cl)c1)C(C)C. The summed E-state index contributed by atoms with van der Waals surface area (Å²) >= 11 is 5.84. The van der Waals surface area contributed by atoms with Gasteiger partial charge in [-0.15, -0.1) is 0 Å². The van der Waals surface area contributed by atoms with Crippen molar-refractivity contribution in [3.05, 3.63) is 29.3 Å². The standard InChI is InChI=1S/C15H20ClNO4/c1-4-20-15(19)9-17(11(2)3)14(18)10-21-13-7-5-6-12(16)8-13/h5-8,11H,4,9-10H2,1-3H3. The fourth-order valence-corrected chi connectivity index (χ4v) is 1.87. The van der Waals surface area contributed by atoms with Crippen LogP contribution in [0.3, 0.4) is 0 Å². The summed E-state index contributed by atoms with van der Waals surface area (Å²) < 4.78 is 10.3. The molecule has 0 aliphatic heterocycles. The second-order valence-electron chi connectivity index (χ2n) is 4.67. The highest BCUT2D eigenvalue weighted by atomic mass is 35.5. The van der Waals surface area contributed by atoms with E-state index in [0.29, 0.717) is 10.8 Å². The summed E-state index contributed by atoms with van der Waals surface area (Å²) in [5.74, 6) is -0.198. The average molecular weight is 314 g/mol. The van der Waals surface area contributed by atoms with Crippen molar-refractivity contribution in [2.45, 2.75) is 26.8 Å². The highest BCUT2D eigenvalue weighted by Gasteiger charge is 2.21. The maximum Gasteiger partial charge on any atom is 0.325 e. The number of hydrogen-bond donors (Lipinski definition) is 0. The number of nitrogens with zero attached hydrogens (tertiary/aromatic N) is 1. The molecule has 21 heavy (non-hydrogen) atoms. The first-order valence-electron chi connectivity index (χ1n) is 6.77. The number of rotatable bonds is 7. The first-order valence-corrected chi connectivity index (χ1v) is 7.15. The molecule has 1 amide bonds. The Labute approximate surface area is 129 Å². The van der Waals surface area contributed by atoms with E-state index in [1.165, 1.54) is 4.90 Å². The van der Waals surface area contributed by atoms with Gasteiger partial charge in [0.25, 0.3) is 5.91 Å². The van der Waals surface area contributed by atoms with Crippen LogP contribution >= 0.6 is 11.6 Å². The van der Waals surface area contributed by atoms with Gasteiger partial charge in [0.1, 0.15) is 12.3 Å². The van der Waals surface area contributed by atoms with Gasteiger partial charge in [-0.1, -0.05) is 17.7 Å². The lowest BCUT2D eigenvalue weighted by Crippen LogP contribution is -2.43. The molecule has 0 saturated carbocycles. The van der Waals surface area contributed by atoms with Crippen LogP contribution < -0.4 is 4.74 Å². The van der Waals surface area contributed by atoms with Crippen LogP contribution in [0.5, 0.6) is 5.75 Å². The minimum atomic E-state index is -0.428. The van der Waals surface area contributed by atoms with Gasteiger partial charge in [-0.3, -0.25) is 9.59 Å². The number of hydrogen-bond acceptors (Lipinski definition) is 4. The minimum Gasteiger partial charge on any atom is -0.484 e. The van der Waals surface area contributed by atoms with E-state index in [9.17, 15) is 9.59 Å². The molecule has 6 heteroatoms. The Hall–Kier alpha value is -1.75. The van der Waals surface area contributed by atoms with Gasteiger partial charge in [0.2, 0.25) is 0 Å². The second-order valence-corrected chi connectivity index (χ2v) is 5.10. The van der Waals surface area contributed by atoms with Crippen molar-refractivity contribution in [2.75, 3.05) is 19.8 Å². The summed E-state index contributed by atoms with van der Waals surface area (Å²) in [5.41, 5.74) is 0. The van der Waals surface area contributed by atoms with E-state index >= 15 is 0 Å². The summed E-state index contributed by atoms with van der Waals surface area (Å²) in [7, 11) is 0. The zero-order chi connectivity index (χ0) is 15.8. The molecule has 5 nitrogen and oxygen atoms in total. The topological polar surface area (TPSA) is 55.8 Å². The largest absolute Gasteiger partial charge is 0.484 e. The predicted molar refractivity (Wildman–Crippen MR) is 80.4 cm³/mol. The number of ether oxygens (including phenoxy) is 2. The zero-order valence-electron chi connectivity index (χ0n) is 12.5. The molecule has 1 aromatic carbocycles. The van der Waals surface area contributed by atoms with Crippen LogP contribution in [0.1, 0.15) is 20.8 Å². The molecule has 1 rings (SSSR count). The quantitative estimate of drug-likeness (QED) is 0.726. The summed E-state index contributed by atoms with van der Waals surface area (Å²) in [4.78, 5) is 25.1. The van der Waals surface area contributed by atoms with Crippen molar-refractivity contribution < 1.29 is 19.1 Å². The number of carbonyl (C=O) groups is 2. The minimum absolute atomic E-state index is 0.0801. The smallest absolute Gasteiger partial charge is 0.325 e. The van der Waals surface area contributed by atoms with Crippen molar-refractivity contribution in [3.63, 3.8) is 0 Å². The van der Waals surface area contributed by atoms with Crippen LogP contribution in [0, 0.1) is 0 Å². The lowest BCUT2D eigenvalue weighted by molar-refractivity contribution is -0.150. The third-order valence-electron chi connectivity index (χ3n) is 2.71. The van der Waals surface area contributed by atoms with E-state index in [4.69, 9.17) is 21.1 Å². The van der Waals surface area contributed by atoms with Crippen molar-refractivity contribution in [1.29, 1.82) is 0 Å². The van der Waals surface area contributed by atoms with Gasteiger partial charge >= 0.3 is 5.97 Å². The first-order chi connectivity index (χ1) is 9.93. The average Bonchev–Trinajstić information content (AvgIpc) is 2.42. The second kappa shape index (κ2) is 8.52. The van der Waals surface area contributed by atoms with Gasteiger partial charge < -0.3 is 14.4 Å². The third-order valence-corrected chi connectivity index (χ3v) is 2.94. The molecule has 0 aliphatic rings. The summed E-state index contributed by atoms with van der Waals surface area (Å²) in [6, 6.07) is 6.67. The van der Waals surface area contributed by atoms with E-state index in [2.05, 4.69) is 0 Å². The third kappa shape index (κ3) is 6.04. The molecule has 0 fully saturated rings. The van der Waals surface area contributed by atoms with E-state index in [1.807, 2.05) is 13.8 Å². The molecule has 0 aromatic heterocycles. The number of halogens is 1. The van der Waals surface area contributed by atoms with Gasteiger partial charge in [-0.25, -0.2) is 0 Å². The number of benzene rings is 1. The van der Waals surface area contributed by atoms with Crippen LogP contribution in [0.15, 0.2) is 24.3 Å². The fraction of sp³-hybridized carbons (Fsp3) is 0.467. The van der Waals surface area contributed by atoms with E-state index in [-0.39, 0.29) is 31.7 Å². The van der Waals surface area contributed by atoms with Crippen LogP contribution in [0.4, 0.5) is 0 Å². The predicted octanol–water partition coefficient (Wildman–Crippen LogP) is 2.52. The van der Waals surface area contributed by atoms with Gasteiger partial charge in [-0.2, -0.15) is 0 Å². The van der Waals surface area contributed by atoms with Crippen molar-refractivity contribution in [1.82, 2.24) is 4.90 Å². The van der Waals surface area contributed by atoms with Gasteiger partial charge in [0.15, 0.2) is 6.61 Å². The lowest BCUT2D eigenvalue weighted by Gasteiger charge is -2.25. The number of carbonyl (C=O) groups excluding carboxylic acids is 2. The Balaban J connectivity index is 2.59. The molecule has 0 saturated heterocycles. The molecule has 0 bridgehead atoms. The molecule has 0 unspecified atom stereocenters. The lowest BCUT2D eigenvalue weighted by atomic mass is 10.3. The Morgan fingerprint density at radius 1 is 1.33 bits per heavy atom. The number of amides is 1. The highest BCUT2D eigenvalue weighted by Crippen LogP contribution is 2.17. The first kappa shape index (κ1) is 17.3. The van der Waals surface area contributed by atoms with E-state index in [1.54, 1.807) is 31.2 Å². The molecule has 116 valence electrons. The Kier molecular flexibility index (Phi) is 7.02. The maximum absolute atomic E-state index is 12.1. The molecule has 0 spiro atoms.